The summed E-state index contributed by atoms with van der Waals surface area (Å²) in [5, 5.41) is 12.5. The minimum atomic E-state index is -0.182. The van der Waals surface area contributed by atoms with E-state index in [2.05, 4.69) is 20.4 Å². The molecule has 1 atom stereocenters. The molecule has 1 aliphatic heterocycles. The zero-order chi connectivity index (χ0) is 20.1. The van der Waals surface area contributed by atoms with Crippen molar-refractivity contribution in [3.05, 3.63) is 84.2 Å². The van der Waals surface area contributed by atoms with Crippen LogP contribution in [0.25, 0.3) is 27.8 Å². The van der Waals surface area contributed by atoms with Crippen LogP contribution in [-0.4, -0.2) is 30.9 Å². The molecule has 7 nitrogen and oxygen atoms in total. The quantitative estimate of drug-likeness (QED) is 0.493. The van der Waals surface area contributed by atoms with Crippen LogP contribution in [0.1, 0.15) is 23.5 Å². The fraction of sp³-hybridized carbons (Fsp3) is 0.0870. The van der Waals surface area contributed by atoms with Gasteiger partial charge in [0.1, 0.15) is 11.0 Å². The SMILES string of the molecule is O=C1C[C@H](c2cccc3nccnc23)c2c(ccc3nn(-c4ccccc4)nc23)N1. The summed E-state index contributed by atoms with van der Waals surface area (Å²) in [5.41, 5.74) is 6.76. The van der Waals surface area contributed by atoms with Crippen molar-refractivity contribution in [1.29, 1.82) is 0 Å². The highest BCUT2D eigenvalue weighted by molar-refractivity contribution is 6.00. The summed E-state index contributed by atoms with van der Waals surface area (Å²) in [6.07, 6.45) is 3.68. The van der Waals surface area contributed by atoms with E-state index in [1.165, 1.54) is 0 Å². The predicted octanol–water partition coefficient (Wildman–Crippen LogP) is 3.84. The average molecular weight is 392 g/mol. The molecule has 144 valence electrons. The molecule has 0 radical (unpaired) electrons. The summed E-state index contributed by atoms with van der Waals surface area (Å²) in [5.74, 6) is -0.207. The lowest BCUT2D eigenvalue weighted by Gasteiger charge is -2.26. The molecule has 3 aromatic carbocycles. The van der Waals surface area contributed by atoms with Crippen LogP contribution in [0, 0.1) is 0 Å². The van der Waals surface area contributed by atoms with Crippen LogP contribution < -0.4 is 5.32 Å². The molecule has 6 rings (SSSR count). The molecule has 1 aliphatic rings. The average Bonchev–Trinajstić information content (AvgIpc) is 3.23. The highest BCUT2D eigenvalue weighted by Gasteiger charge is 2.31. The lowest BCUT2D eigenvalue weighted by molar-refractivity contribution is -0.116. The summed E-state index contributed by atoms with van der Waals surface area (Å²) < 4.78 is 0. The Labute approximate surface area is 171 Å². The van der Waals surface area contributed by atoms with Crippen molar-refractivity contribution < 1.29 is 4.79 Å². The molecule has 30 heavy (non-hydrogen) atoms. The number of carbonyl (C=O) groups is 1. The largest absolute Gasteiger partial charge is 0.326 e. The molecule has 0 spiro atoms. The van der Waals surface area contributed by atoms with Gasteiger partial charge in [0.05, 0.1) is 16.7 Å². The normalized spacial score (nSPS) is 15.9. The van der Waals surface area contributed by atoms with Crippen LogP contribution in [0.4, 0.5) is 5.69 Å². The number of carbonyl (C=O) groups excluding carboxylic acids is 1. The van der Waals surface area contributed by atoms with Crippen molar-refractivity contribution in [1.82, 2.24) is 25.0 Å². The molecule has 0 fully saturated rings. The molecule has 0 saturated carbocycles. The number of nitrogens with one attached hydrogen (secondary N) is 1. The number of hydrogen-bond donors (Lipinski definition) is 1. The molecule has 3 heterocycles. The molecule has 0 unspecified atom stereocenters. The first-order valence-corrected chi connectivity index (χ1v) is 9.73. The summed E-state index contributed by atoms with van der Waals surface area (Å²) in [7, 11) is 0. The Morgan fingerprint density at radius 3 is 2.60 bits per heavy atom. The number of hydrogen-bond acceptors (Lipinski definition) is 5. The monoisotopic (exact) mass is 392 g/mol. The van der Waals surface area contributed by atoms with Crippen LogP contribution in [0.5, 0.6) is 0 Å². The van der Waals surface area contributed by atoms with E-state index in [9.17, 15) is 4.79 Å². The number of amides is 1. The number of anilines is 1. The standard InChI is InChI=1S/C23H16N6O/c30-20-13-16(15-7-4-8-18-22(15)25-12-11-24-18)21-17(26-20)9-10-19-23(21)28-29(27-19)14-5-2-1-3-6-14/h1-12,16H,13H2,(H,26,30)/t16-/m1/s1. The molecular formula is C23H16N6O. The number of rotatable bonds is 2. The topological polar surface area (TPSA) is 85.6 Å². The van der Waals surface area contributed by atoms with E-state index in [4.69, 9.17) is 5.10 Å². The highest BCUT2D eigenvalue weighted by Crippen LogP contribution is 2.42. The van der Waals surface area contributed by atoms with Crippen molar-refractivity contribution in [2.24, 2.45) is 0 Å². The Kier molecular flexibility index (Phi) is 3.61. The summed E-state index contributed by atoms with van der Waals surface area (Å²) >= 11 is 0. The van der Waals surface area contributed by atoms with E-state index in [0.717, 1.165) is 44.6 Å². The molecule has 0 saturated heterocycles. The second-order valence-corrected chi connectivity index (χ2v) is 7.30. The van der Waals surface area contributed by atoms with Crippen molar-refractivity contribution in [2.75, 3.05) is 5.32 Å². The third-order valence-electron chi connectivity index (χ3n) is 5.50. The van der Waals surface area contributed by atoms with Crippen LogP contribution in [0.15, 0.2) is 73.1 Å². The zero-order valence-corrected chi connectivity index (χ0v) is 15.9. The van der Waals surface area contributed by atoms with Gasteiger partial charge in [-0.25, -0.2) is 0 Å². The first kappa shape index (κ1) is 16.8. The fourth-order valence-electron chi connectivity index (χ4n) is 4.19. The molecular weight excluding hydrogens is 376 g/mol. The Balaban J connectivity index is 1.61. The van der Waals surface area contributed by atoms with E-state index in [1.54, 1.807) is 17.2 Å². The number of para-hydroxylation sites is 2. The van der Waals surface area contributed by atoms with Gasteiger partial charge < -0.3 is 5.32 Å². The van der Waals surface area contributed by atoms with Crippen LogP contribution in [-0.2, 0) is 4.79 Å². The van der Waals surface area contributed by atoms with Gasteiger partial charge in [-0.1, -0.05) is 30.3 Å². The van der Waals surface area contributed by atoms with Gasteiger partial charge in [0.2, 0.25) is 5.91 Å². The van der Waals surface area contributed by atoms with E-state index < -0.39 is 0 Å². The predicted molar refractivity (Wildman–Crippen MR) is 113 cm³/mol. The van der Waals surface area contributed by atoms with Gasteiger partial charge in [-0.3, -0.25) is 14.8 Å². The smallest absolute Gasteiger partial charge is 0.225 e. The first-order valence-electron chi connectivity index (χ1n) is 9.73. The van der Waals surface area contributed by atoms with E-state index in [-0.39, 0.29) is 11.8 Å². The molecule has 1 amide bonds. The molecule has 0 bridgehead atoms. The minimum absolute atomic E-state index is 0.0248. The maximum absolute atomic E-state index is 12.5. The van der Waals surface area contributed by atoms with Gasteiger partial charge in [-0.15, -0.1) is 10.2 Å². The Morgan fingerprint density at radius 2 is 1.70 bits per heavy atom. The summed E-state index contributed by atoms with van der Waals surface area (Å²) in [6.45, 7) is 0. The van der Waals surface area contributed by atoms with Crippen molar-refractivity contribution in [3.63, 3.8) is 0 Å². The lowest BCUT2D eigenvalue weighted by Crippen LogP contribution is -2.24. The number of benzene rings is 3. The van der Waals surface area contributed by atoms with E-state index >= 15 is 0 Å². The Morgan fingerprint density at radius 1 is 0.833 bits per heavy atom. The lowest BCUT2D eigenvalue weighted by atomic mass is 9.83. The van der Waals surface area contributed by atoms with Gasteiger partial charge in [-0.2, -0.15) is 4.80 Å². The number of nitrogens with zero attached hydrogens (tertiary/aromatic N) is 5. The first-order chi connectivity index (χ1) is 14.8. The van der Waals surface area contributed by atoms with E-state index in [0.29, 0.717) is 6.42 Å². The van der Waals surface area contributed by atoms with Crippen molar-refractivity contribution in [2.45, 2.75) is 12.3 Å². The van der Waals surface area contributed by atoms with Crippen molar-refractivity contribution >= 4 is 33.7 Å². The van der Waals surface area contributed by atoms with Crippen molar-refractivity contribution in [3.8, 4) is 5.69 Å². The molecule has 5 aromatic rings. The third kappa shape index (κ3) is 2.56. The summed E-state index contributed by atoms with van der Waals surface area (Å²) in [4.78, 5) is 23.1. The number of aromatic nitrogens is 5. The minimum Gasteiger partial charge on any atom is -0.326 e. The van der Waals surface area contributed by atoms with Gasteiger partial charge >= 0.3 is 0 Å². The summed E-state index contributed by atoms with van der Waals surface area (Å²) in [6, 6.07) is 19.5. The van der Waals surface area contributed by atoms with Crippen LogP contribution >= 0.6 is 0 Å². The van der Waals surface area contributed by atoms with Crippen LogP contribution in [0.3, 0.4) is 0 Å². The maximum Gasteiger partial charge on any atom is 0.225 e. The Bertz CT molecular complexity index is 1420. The van der Waals surface area contributed by atoms with Gasteiger partial charge in [-0.05, 0) is 35.9 Å². The molecule has 1 N–H and O–H groups in total. The zero-order valence-electron chi connectivity index (χ0n) is 15.9. The van der Waals surface area contributed by atoms with Gasteiger partial charge in [0.15, 0.2) is 0 Å². The molecule has 2 aromatic heterocycles. The Hall–Kier alpha value is -4.13. The highest BCUT2D eigenvalue weighted by atomic mass is 16.1. The number of fused-ring (bicyclic) bond motifs is 4. The van der Waals surface area contributed by atoms with Gasteiger partial charge in [0.25, 0.3) is 0 Å². The second kappa shape index (κ2) is 6.45. The second-order valence-electron chi connectivity index (χ2n) is 7.30. The van der Waals surface area contributed by atoms with E-state index in [1.807, 2.05) is 60.7 Å². The fourth-order valence-corrected chi connectivity index (χ4v) is 4.19. The van der Waals surface area contributed by atoms with Crippen LogP contribution in [0.2, 0.25) is 0 Å². The maximum atomic E-state index is 12.5. The van der Waals surface area contributed by atoms with Gasteiger partial charge in [0, 0.05) is 36.0 Å². The third-order valence-corrected chi connectivity index (χ3v) is 5.50. The molecule has 0 aliphatic carbocycles. The molecule has 7 heteroatoms.